The molecule has 0 heterocycles. The summed E-state index contributed by atoms with van der Waals surface area (Å²) in [4.78, 5) is 51.5. The fourth-order valence-electron chi connectivity index (χ4n) is 3.60. The minimum Gasteiger partial charge on any atom is -0.444 e. The van der Waals surface area contributed by atoms with Crippen LogP contribution >= 0.6 is 0 Å². The third-order valence-electron chi connectivity index (χ3n) is 5.67. The monoisotopic (exact) mass is 504 g/mol. The molecule has 2 unspecified atom stereocenters. The smallest absolute Gasteiger partial charge is 0.408 e. The van der Waals surface area contributed by atoms with Gasteiger partial charge in [0.05, 0.1) is 0 Å². The Kier molecular flexibility index (Phi) is 12.4. The van der Waals surface area contributed by atoms with E-state index in [0.29, 0.717) is 12.8 Å². The molecule has 202 valence electrons. The maximum absolute atomic E-state index is 13.4. The molecule has 4 atom stereocenters. The third kappa shape index (κ3) is 11.1. The highest BCUT2D eigenvalue weighted by Gasteiger charge is 2.33. The van der Waals surface area contributed by atoms with E-state index in [-0.39, 0.29) is 24.2 Å². The zero-order chi connectivity index (χ0) is 27.5. The predicted molar refractivity (Wildman–Crippen MR) is 140 cm³/mol. The molecule has 0 aromatic heterocycles. The van der Waals surface area contributed by atoms with Crippen LogP contribution in [0.2, 0.25) is 0 Å². The van der Waals surface area contributed by atoms with Crippen molar-refractivity contribution in [3.63, 3.8) is 0 Å². The minimum absolute atomic E-state index is 0.178. The Hall–Kier alpha value is -3.10. The summed E-state index contributed by atoms with van der Waals surface area (Å²) in [7, 11) is 1.52. The Balaban J connectivity index is 3.13. The van der Waals surface area contributed by atoms with E-state index in [9.17, 15) is 19.2 Å². The van der Waals surface area contributed by atoms with Crippen LogP contribution in [0.15, 0.2) is 30.3 Å². The van der Waals surface area contributed by atoms with Crippen molar-refractivity contribution in [2.45, 2.75) is 91.5 Å². The molecule has 0 bridgehead atoms. The molecule has 1 rings (SSSR count). The molecule has 0 saturated carbocycles. The Morgan fingerprint density at radius 3 is 1.97 bits per heavy atom. The number of alkyl carbamates (subject to hydrolysis) is 1. The molecule has 0 radical (unpaired) electrons. The zero-order valence-corrected chi connectivity index (χ0v) is 22.9. The number of carbonyl (C=O) groups excluding carboxylic acids is 4. The highest BCUT2D eigenvalue weighted by atomic mass is 16.6. The predicted octanol–water partition coefficient (Wildman–Crippen LogP) is 2.93. The maximum Gasteiger partial charge on any atom is 0.408 e. The normalized spacial score (nSPS) is 14.7. The Morgan fingerprint density at radius 1 is 0.861 bits per heavy atom. The van der Waals surface area contributed by atoms with Crippen molar-refractivity contribution in [2.75, 3.05) is 7.05 Å². The van der Waals surface area contributed by atoms with Gasteiger partial charge in [-0.1, -0.05) is 64.4 Å². The van der Waals surface area contributed by atoms with Crippen molar-refractivity contribution < 1.29 is 23.9 Å². The van der Waals surface area contributed by atoms with Gasteiger partial charge in [-0.3, -0.25) is 14.4 Å². The fourth-order valence-corrected chi connectivity index (χ4v) is 3.60. The van der Waals surface area contributed by atoms with E-state index in [1.165, 1.54) is 7.05 Å². The van der Waals surface area contributed by atoms with Crippen molar-refractivity contribution in [3.05, 3.63) is 35.9 Å². The molecule has 9 nitrogen and oxygen atoms in total. The number of likely N-dealkylation sites (N-methyl/N-ethyl adjacent to an activating group) is 1. The van der Waals surface area contributed by atoms with Crippen LogP contribution in [-0.4, -0.2) is 54.6 Å². The van der Waals surface area contributed by atoms with Crippen LogP contribution in [0.25, 0.3) is 0 Å². The minimum atomic E-state index is -0.966. The molecule has 0 aliphatic rings. The molecule has 0 aliphatic carbocycles. The van der Waals surface area contributed by atoms with Gasteiger partial charge >= 0.3 is 6.09 Å². The first-order valence-corrected chi connectivity index (χ1v) is 12.6. The van der Waals surface area contributed by atoms with Gasteiger partial charge in [0.2, 0.25) is 17.7 Å². The first kappa shape index (κ1) is 30.9. The second-order valence-corrected chi connectivity index (χ2v) is 10.6. The first-order valence-electron chi connectivity index (χ1n) is 12.6. The van der Waals surface area contributed by atoms with Crippen LogP contribution in [0.1, 0.15) is 66.9 Å². The summed E-state index contributed by atoms with van der Waals surface area (Å²) in [5.74, 6) is -1.28. The van der Waals surface area contributed by atoms with Gasteiger partial charge in [0, 0.05) is 13.5 Å². The molecule has 4 amide bonds. The third-order valence-corrected chi connectivity index (χ3v) is 5.67. The molecule has 0 spiro atoms. The number of nitrogens with one attached hydrogen (secondary N) is 4. The largest absolute Gasteiger partial charge is 0.444 e. The van der Waals surface area contributed by atoms with Crippen molar-refractivity contribution in [1.29, 1.82) is 0 Å². The summed E-state index contributed by atoms with van der Waals surface area (Å²) in [5.41, 5.74) is 0.109. The van der Waals surface area contributed by atoms with Crippen LogP contribution < -0.4 is 21.3 Å². The van der Waals surface area contributed by atoms with E-state index < -0.39 is 41.6 Å². The van der Waals surface area contributed by atoms with Crippen molar-refractivity contribution >= 4 is 23.8 Å². The number of hydrogen-bond acceptors (Lipinski definition) is 5. The van der Waals surface area contributed by atoms with E-state index in [4.69, 9.17) is 4.74 Å². The van der Waals surface area contributed by atoms with Gasteiger partial charge in [-0.05, 0) is 44.6 Å². The number of carbonyl (C=O) groups is 4. The molecule has 9 heteroatoms. The summed E-state index contributed by atoms with van der Waals surface area (Å²) >= 11 is 0. The molecule has 36 heavy (non-hydrogen) atoms. The van der Waals surface area contributed by atoms with Crippen LogP contribution in [-0.2, 0) is 25.5 Å². The number of benzene rings is 1. The molecule has 1 aromatic rings. The molecule has 0 aliphatic heterocycles. The molecular weight excluding hydrogens is 460 g/mol. The van der Waals surface area contributed by atoms with Crippen LogP contribution in [0.3, 0.4) is 0 Å². The lowest BCUT2D eigenvalue weighted by atomic mass is 9.96. The van der Waals surface area contributed by atoms with Crippen molar-refractivity contribution in [3.8, 4) is 0 Å². The quantitative estimate of drug-likeness (QED) is 0.348. The van der Waals surface area contributed by atoms with Gasteiger partial charge in [-0.2, -0.15) is 0 Å². The van der Waals surface area contributed by atoms with E-state index in [0.717, 1.165) is 5.56 Å². The summed E-state index contributed by atoms with van der Waals surface area (Å²) < 4.78 is 5.35. The second kappa shape index (κ2) is 14.5. The molecule has 4 N–H and O–H groups in total. The molecule has 0 saturated heterocycles. The highest BCUT2D eigenvalue weighted by molar-refractivity contribution is 5.94. The highest BCUT2D eigenvalue weighted by Crippen LogP contribution is 2.13. The van der Waals surface area contributed by atoms with E-state index >= 15 is 0 Å². The van der Waals surface area contributed by atoms with Crippen molar-refractivity contribution in [2.24, 2.45) is 11.8 Å². The number of amides is 4. The number of ether oxygens (including phenoxy) is 1. The lowest BCUT2D eigenvalue weighted by Gasteiger charge is -2.29. The number of rotatable bonds is 12. The van der Waals surface area contributed by atoms with Gasteiger partial charge in [-0.25, -0.2) is 4.79 Å². The summed E-state index contributed by atoms with van der Waals surface area (Å²) in [6, 6.07) is 6.70. The van der Waals surface area contributed by atoms with E-state index in [2.05, 4.69) is 21.3 Å². The van der Waals surface area contributed by atoms with Gasteiger partial charge in [0.15, 0.2) is 0 Å². The van der Waals surface area contributed by atoms with Gasteiger partial charge < -0.3 is 26.0 Å². The Morgan fingerprint density at radius 2 is 1.47 bits per heavy atom. The van der Waals surface area contributed by atoms with E-state index in [1.54, 1.807) is 20.8 Å². The zero-order valence-electron chi connectivity index (χ0n) is 22.9. The molecule has 0 fully saturated rings. The molecule has 1 aromatic carbocycles. The SMILES string of the molecule is CCC(C)C(NC(=O)[C@H](Cc1ccccc1)NC(=O)OC(C)(C)C)C(=O)N[C@@H](CC(C)C)C(=O)NC. The standard InChI is InChI=1S/C27H44N4O5/c1-9-18(4)22(25(34)29-20(15-17(2)3)23(32)28-8)31-24(33)21(16-19-13-11-10-12-14-19)30-26(35)36-27(5,6)7/h10-14,17-18,20-22H,9,15-16H2,1-8H3,(H,28,32)(H,29,34)(H,30,35)(H,31,33)/t18?,20-,21-,22?/m0/s1. The summed E-state index contributed by atoms with van der Waals surface area (Å²) in [5, 5.41) is 10.9. The second-order valence-electron chi connectivity index (χ2n) is 10.6. The van der Waals surface area contributed by atoms with Gasteiger partial charge in [0.25, 0.3) is 0 Å². The van der Waals surface area contributed by atoms with Crippen LogP contribution in [0.4, 0.5) is 4.79 Å². The topological polar surface area (TPSA) is 126 Å². The average Bonchev–Trinajstić information content (AvgIpc) is 2.79. The lowest BCUT2D eigenvalue weighted by molar-refractivity contribution is -0.133. The molecular formula is C27H44N4O5. The Bertz CT molecular complexity index is 867. The van der Waals surface area contributed by atoms with Crippen LogP contribution in [0, 0.1) is 11.8 Å². The van der Waals surface area contributed by atoms with Crippen LogP contribution in [0.5, 0.6) is 0 Å². The summed E-state index contributed by atoms with van der Waals surface area (Å²) in [6.45, 7) is 12.9. The fraction of sp³-hybridized carbons (Fsp3) is 0.630. The van der Waals surface area contributed by atoms with Gasteiger partial charge in [-0.15, -0.1) is 0 Å². The summed E-state index contributed by atoms with van der Waals surface area (Å²) in [6.07, 6.45) is 0.578. The first-order chi connectivity index (χ1) is 16.8. The van der Waals surface area contributed by atoms with Crippen molar-refractivity contribution in [1.82, 2.24) is 21.3 Å². The number of hydrogen-bond donors (Lipinski definition) is 4. The van der Waals surface area contributed by atoms with Gasteiger partial charge in [0.1, 0.15) is 23.7 Å². The van der Waals surface area contributed by atoms with E-state index in [1.807, 2.05) is 58.0 Å². The maximum atomic E-state index is 13.4. The Labute approximate surface area is 215 Å². The lowest BCUT2D eigenvalue weighted by Crippen LogP contribution is -2.59. The average molecular weight is 505 g/mol.